The zero-order chi connectivity index (χ0) is 20.9. The normalized spacial score (nSPS) is 13.5. The highest BCUT2D eigenvalue weighted by molar-refractivity contribution is 7.92. The molecule has 8 heteroatoms. The molecule has 0 radical (unpaired) electrons. The van der Waals surface area contributed by atoms with Gasteiger partial charge in [-0.15, -0.1) is 0 Å². The molecule has 2 aromatic carbocycles. The van der Waals surface area contributed by atoms with E-state index < -0.39 is 33.8 Å². The number of methoxy groups -OCH3 is 1. The number of anilines is 1. The number of rotatable bonds is 8. The number of carbonyl (C=O) groups is 1. The van der Waals surface area contributed by atoms with Gasteiger partial charge in [0.1, 0.15) is 17.6 Å². The van der Waals surface area contributed by atoms with Crippen molar-refractivity contribution in [2.45, 2.75) is 32.4 Å². The summed E-state index contributed by atoms with van der Waals surface area (Å²) in [6.07, 6.45) is 1.13. The summed E-state index contributed by atoms with van der Waals surface area (Å²) < 4.78 is 45.3. The summed E-state index contributed by atoms with van der Waals surface area (Å²) >= 11 is 0. The molecule has 1 amide bonds. The molecule has 2 atom stereocenters. The van der Waals surface area contributed by atoms with Crippen molar-refractivity contribution in [3.63, 3.8) is 0 Å². The summed E-state index contributed by atoms with van der Waals surface area (Å²) in [6, 6.07) is 11.2. The molecule has 0 aliphatic rings. The molecule has 6 nitrogen and oxygen atoms in total. The van der Waals surface area contributed by atoms with Crippen LogP contribution in [0.5, 0.6) is 5.75 Å². The lowest BCUT2D eigenvalue weighted by Crippen LogP contribution is -2.50. The van der Waals surface area contributed by atoms with Crippen molar-refractivity contribution in [3.05, 3.63) is 59.9 Å². The first kappa shape index (κ1) is 21.7. The lowest BCUT2D eigenvalue weighted by molar-refractivity contribution is -0.122. The van der Waals surface area contributed by atoms with E-state index in [2.05, 4.69) is 5.32 Å². The molecule has 0 spiro atoms. The Kier molecular flexibility index (Phi) is 7.01. The van der Waals surface area contributed by atoms with Gasteiger partial charge >= 0.3 is 0 Å². The van der Waals surface area contributed by atoms with E-state index in [1.54, 1.807) is 19.9 Å². The molecule has 0 bridgehead atoms. The van der Waals surface area contributed by atoms with Crippen molar-refractivity contribution < 1.29 is 22.3 Å². The van der Waals surface area contributed by atoms with Crippen molar-refractivity contribution >= 4 is 21.6 Å². The first-order chi connectivity index (χ1) is 13.2. The van der Waals surface area contributed by atoms with E-state index in [1.807, 2.05) is 18.2 Å². The molecule has 0 saturated heterocycles. The van der Waals surface area contributed by atoms with Gasteiger partial charge in [0.05, 0.1) is 25.1 Å². The van der Waals surface area contributed by atoms with Crippen LogP contribution in [0, 0.1) is 5.82 Å². The fourth-order valence-electron chi connectivity index (χ4n) is 3.08. The molecule has 152 valence electrons. The number of nitrogens with zero attached hydrogens (tertiary/aromatic N) is 1. The van der Waals surface area contributed by atoms with Gasteiger partial charge in [-0.2, -0.15) is 0 Å². The molecule has 0 aliphatic carbocycles. The van der Waals surface area contributed by atoms with Gasteiger partial charge < -0.3 is 10.1 Å². The number of ether oxygens (including phenoxy) is 1. The molecular formula is C20H25FN2O4S. The number of amides is 1. The van der Waals surface area contributed by atoms with E-state index in [-0.39, 0.29) is 12.1 Å². The van der Waals surface area contributed by atoms with Crippen molar-refractivity contribution in [2.75, 3.05) is 17.7 Å². The third kappa shape index (κ3) is 4.81. The lowest BCUT2D eigenvalue weighted by Gasteiger charge is -2.31. The largest absolute Gasteiger partial charge is 0.496 e. The number of para-hydroxylation sites is 2. The Hall–Kier alpha value is -2.61. The minimum Gasteiger partial charge on any atom is -0.496 e. The number of sulfonamides is 1. The summed E-state index contributed by atoms with van der Waals surface area (Å²) in [5.41, 5.74) is 0.599. The zero-order valence-corrected chi connectivity index (χ0v) is 17.2. The minimum atomic E-state index is -3.90. The molecule has 1 N–H and O–H groups in total. The lowest BCUT2D eigenvalue weighted by atomic mass is 10.1. The molecular weight excluding hydrogens is 383 g/mol. The van der Waals surface area contributed by atoms with Crippen LogP contribution in [0.15, 0.2) is 48.5 Å². The number of nitrogens with one attached hydrogen (secondary N) is 1. The number of hydrogen-bond donors (Lipinski definition) is 1. The molecule has 0 fully saturated rings. The fraction of sp³-hybridized carbons (Fsp3) is 0.350. The van der Waals surface area contributed by atoms with Crippen molar-refractivity contribution in [1.29, 1.82) is 0 Å². The van der Waals surface area contributed by atoms with Gasteiger partial charge in [-0.1, -0.05) is 37.3 Å². The third-order valence-corrected chi connectivity index (χ3v) is 5.55. The second-order valence-corrected chi connectivity index (χ2v) is 8.27. The number of halogens is 1. The molecule has 2 aromatic rings. The standard InChI is InChI=1S/C20H25FN2O4S/c1-5-17(23(28(4,25)26)18-12-8-7-11-16(18)21)20(24)22-14(2)15-10-6-9-13-19(15)27-3/h6-14,17H,5H2,1-4H3,(H,22,24)/t14-,17+/m1/s1. The number of carbonyl (C=O) groups excluding carboxylic acids is 1. The maximum absolute atomic E-state index is 14.3. The molecule has 0 aromatic heterocycles. The van der Waals surface area contributed by atoms with Crippen molar-refractivity contribution in [1.82, 2.24) is 5.32 Å². The van der Waals surface area contributed by atoms with Crippen LogP contribution in [0.25, 0.3) is 0 Å². The van der Waals surface area contributed by atoms with Crippen molar-refractivity contribution in [3.8, 4) is 5.75 Å². The molecule has 0 heterocycles. The van der Waals surface area contributed by atoms with Crippen LogP contribution in [0.1, 0.15) is 31.9 Å². The van der Waals surface area contributed by atoms with Crippen LogP contribution in [0.2, 0.25) is 0 Å². The van der Waals surface area contributed by atoms with Gasteiger partial charge in [0, 0.05) is 5.56 Å². The summed E-state index contributed by atoms with van der Waals surface area (Å²) in [4.78, 5) is 12.9. The fourth-order valence-corrected chi connectivity index (χ4v) is 4.29. The highest BCUT2D eigenvalue weighted by Crippen LogP contribution is 2.27. The number of benzene rings is 2. The second kappa shape index (κ2) is 9.05. The quantitative estimate of drug-likeness (QED) is 0.728. The molecule has 28 heavy (non-hydrogen) atoms. The Morgan fingerprint density at radius 3 is 2.36 bits per heavy atom. The molecule has 2 rings (SSSR count). The molecule has 0 unspecified atom stereocenters. The van der Waals surface area contributed by atoms with Gasteiger partial charge in [-0.05, 0) is 31.5 Å². The van der Waals surface area contributed by atoms with E-state index in [0.29, 0.717) is 5.75 Å². The zero-order valence-electron chi connectivity index (χ0n) is 16.3. The van der Waals surface area contributed by atoms with Crippen LogP contribution in [-0.4, -0.2) is 33.7 Å². The average molecular weight is 408 g/mol. The van der Waals surface area contributed by atoms with Gasteiger partial charge in [0.25, 0.3) is 0 Å². The van der Waals surface area contributed by atoms with E-state index in [4.69, 9.17) is 4.74 Å². The highest BCUT2D eigenvalue weighted by atomic mass is 32.2. The SMILES string of the molecule is CC[C@@H](C(=O)N[C@H](C)c1ccccc1OC)N(c1ccccc1F)S(C)(=O)=O. The predicted octanol–water partition coefficient (Wildman–Crippen LogP) is 3.26. The summed E-state index contributed by atoms with van der Waals surface area (Å²) in [5.74, 6) is -0.621. The first-order valence-corrected chi connectivity index (χ1v) is 10.7. The van der Waals surface area contributed by atoms with Gasteiger partial charge in [0.15, 0.2) is 0 Å². The third-order valence-electron chi connectivity index (χ3n) is 4.38. The molecule has 0 saturated carbocycles. The summed E-state index contributed by atoms with van der Waals surface area (Å²) in [5, 5.41) is 2.82. The van der Waals surface area contributed by atoms with E-state index in [1.165, 1.54) is 25.3 Å². The van der Waals surface area contributed by atoms with Gasteiger partial charge in [-0.25, -0.2) is 12.8 Å². The maximum atomic E-state index is 14.3. The van der Waals surface area contributed by atoms with Crippen LogP contribution < -0.4 is 14.4 Å². The number of hydrogen-bond acceptors (Lipinski definition) is 4. The van der Waals surface area contributed by atoms with E-state index >= 15 is 0 Å². The topological polar surface area (TPSA) is 75.7 Å². The van der Waals surface area contributed by atoms with Crippen LogP contribution in [0.3, 0.4) is 0 Å². The Bertz CT molecular complexity index is 933. The van der Waals surface area contributed by atoms with Gasteiger partial charge in [-0.3, -0.25) is 9.10 Å². The average Bonchev–Trinajstić information content (AvgIpc) is 2.65. The Morgan fingerprint density at radius 2 is 1.79 bits per heavy atom. The maximum Gasteiger partial charge on any atom is 0.244 e. The monoisotopic (exact) mass is 408 g/mol. The van der Waals surface area contributed by atoms with E-state index in [0.717, 1.165) is 22.2 Å². The second-order valence-electron chi connectivity index (χ2n) is 6.41. The Balaban J connectivity index is 2.36. The van der Waals surface area contributed by atoms with Crippen molar-refractivity contribution in [2.24, 2.45) is 0 Å². The smallest absolute Gasteiger partial charge is 0.244 e. The van der Waals surface area contributed by atoms with Crippen LogP contribution in [-0.2, 0) is 14.8 Å². The summed E-state index contributed by atoms with van der Waals surface area (Å²) in [7, 11) is -2.37. The molecule has 0 aliphatic heterocycles. The van der Waals surface area contributed by atoms with Crippen LogP contribution in [0.4, 0.5) is 10.1 Å². The highest BCUT2D eigenvalue weighted by Gasteiger charge is 2.33. The van der Waals surface area contributed by atoms with E-state index in [9.17, 15) is 17.6 Å². The minimum absolute atomic E-state index is 0.156. The van der Waals surface area contributed by atoms with Crippen LogP contribution >= 0.6 is 0 Å². The Morgan fingerprint density at radius 1 is 1.18 bits per heavy atom. The predicted molar refractivity (Wildman–Crippen MR) is 107 cm³/mol. The first-order valence-electron chi connectivity index (χ1n) is 8.87. The summed E-state index contributed by atoms with van der Waals surface area (Å²) in [6.45, 7) is 3.45. The Labute approximate surface area is 165 Å². The van der Waals surface area contributed by atoms with Gasteiger partial charge in [0.2, 0.25) is 15.9 Å².